The van der Waals surface area contributed by atoms with E-state index in [0.29, 0.717) is 39.5 Å². The molecule has 1 atom stereocenters. The Morgan fingerprint density at radius 2 is 1.88 bits per heavy atom. The predicted octanol–water partition coefficient (Wildman–Crippen LogP) is 4.35. The van der Waals surface area contributed by atoms with Crippen LogP contribution in [0, 0.1) is 0 Å². The molecule has 0 saturated heterocycles. The van der Waals surface area contributed by atoms with Crippen LogP contribution in [0.4, 0.5) is 5.69 Å². The lowest BCUT2D eigenvalue weighted by molar-refractivity contribution is -0.113. The van der Waals surface area contributed by atoms with E-state index in [0.717, 1.165) is 0 Å². The van der Waals surface area contributed by atoms with Crippen molar-refractivity contribution in [3.63, 3.8) is 0 Å². The number of amides is 2. The van der Waals surface area contributed by atoms with Crippen LogP contribution in [0.2, 0.25) is 5.02 Å². The van der Waals surface area contributed by atoms with Crippen LogP contribution < -0.4 is 15.4 Å². The molecule has 3 aromatic rings. The van der Waals surface area contributed by atoms with Gasteiger partial charge < -0.3 is 19.9 Å². The number of halogens is 1. The summed E-state index contributed by atoms with van der Waals surface area (Å²) in [6, 6.07) is 13.3. The molecule has 2 aromatic carbocycles. The third-order valence-electron chi connectivity index (χ3n) is 4.60. The second-order valence-corrected chi connectivity index (χ2v) is 8.39. The first-order chi connectivity index (χ1) is 15.9. The van der Waals surface area contributed by atoms with E-state index in [1.54, 1.807) is 61.7 Å². The summed E-state index contributed by atoms with van der Waals surface area (Å²) in [5, 5.41) is 15.3. The van der Waals surface area contributed by atoms with Crippen molar-refractivity contribution in [1.82, 2.24) is 20.1 Å². The standard InChI is InChI=1S/C23H24ClN5O3S/c1-4-13-29-21(15(2)25-22(31)16-5-11-19(32-3)12-6-16)27-28-23(29)33-14-20(30)26-18-9-7-17(24)8-10-18/h4-12,15H,1,13-14H2,2-3H3,(H,25,31)(H,26,30). The van der Waals surface area contributed by atoms with Gasteiger partial charge in [-0.25, -0.2) is 0 Å². The van der Waals surface area contributed by atoms with Gasteiger partial charge in [0.05, 0.1) is 18.9 Å². The number of allylic oxidation sites excluding steroid dienone is 1. The molecule has 0 aliphatic heterocycles. The van der Waals surface area contributed by atoms with Gasteiger partial charge >= 0.3 is 0 Å². The molecule has 1 heterocycles. The normalized spacial score (nSPS) is 11.5. The molecule has 8 nitrogen and oxygen atoms in total. The van der Waals surface area contributed by atoms with E-state index in [4.69, 9.17) is 16.3 Å². The summed E-state index contributed by atoms with van der Waals surface area (Å²) < 4.78 is 6.95. The Hall–Kier alpha value is -3.30. The lowest BCUT2D eigenvalue weighted by Crippen LogP contribution is -2.28. The minimum absolute atomic E-state index is 0.143. The number of ether oxygens (including phenoxy) is 1. The topological polar surface area (TPSA) is 98.1 Å². The summed E-state index contributed by atoms with van der Waals surface area (Å²) in [5.74, 6) is 0.960. The van der Waals surface area contributed by atoms with E-state index in [1.165, 1.54) is 11.8 Å². The van der Waals surface area contributed by atoms with Crippen LogP contribution in [0.25, 0.3) is 0 Å². The fraction of sp³-hybridized carbons (Fsp3) is 0.217. The van der Waals surface area contributed by atoms with Crippen LogP contribution in [0.3, 0.4) is 0 Å². The number of carbonyl (C=O) groups excluding carboxylic acids is 2. The lowest BCUT2D eigenvalue weighted by Gasteiger charge is -2.15. The van der Waals surface area contributed by atoms with Gasteiger partial charge in [-0.1, -0.05) is 29.4 Å². The first-order valence-corrected chi connectivity index (χ1v) is 11.4. The van der Waals surface area contributed by atoms with Gasteiger partial charge in [0.25, 0.3) is 5.91 Å². The number of benzene rings is 2. The molecule has 0 aliphatic rings. The Labute approximate surface area is 201 Å². The highest BCUT2D eigenvalue weighted by molar-refractivity contribution is 7.99. The molecule has 0 spiro atoms. The van der Waals surface area contributed by atoms with Gasteiger partial charge in [-0.05, 0) is 55.5 Å². The summed E-state index contributed by atoms with van der Waals surface area (Å²) in [6.07, 6.45) is 1.71. The summed E-state index contributed by atoms with van der Waals surface area (Å²) in [7, 11) is 1.57. The molecule has 0 fully saturated rings. The summed E-state index contributed by atoms with van der Waals surface area (Å²) in [6.45, 7) is 6.05. The third kappa shape index (κ3) is 6.59. The third-order valence-corrected chi connectivity index (χ3v) is 5.82. The fourth-order valence-electron chi connectivity index (χ4n) is 2.98. The second-order valence-electron chi connectivity index (χ2n) is 7.01. The van der Waals surface area contributed by atoms with Crippen LogP contribution in [0.5, 0.6) is 5.75 Å². The maximum Gasteiger partial charge on any atom is 0.251 e. The van der Waals surface area contributed by atoms with E-state index in [9.17, 15) is 9.59 Å². The quantitative estimate of drug-likeness (QED) is 0.327. The molecule has 10 heteroatoms. The van der Waals surface area contributed by atoms with E-state index in [2.05, 4.69) is 27.4 Å². The summed E-state index contributed by atoms with van der Waals surface area (Å²) in [5.41, 5.74) is 1.17. The minimum atomic E-state index is -0.413. The average molecular weight is 486 g/mol. The van der Waals surface area contributed by atoms with Gasteiger partial charge in [-0.3, -0.25) is 9.59 Å². The van der Waals surface area contributed by atoms with Gasteiger partial charge in [0.2, 0.25) is 5.91 Å². The second kappa shape index (κ2) is 11.5. The Kier molecular flexibility index (Phi) is 8.51. The number of aromatic nitrogens is 3. The van der Waals surface area contributed by atoms with Crippen molar-refractivity contribution in [2.45, 2.75) is 24.7 Å². The predicted molar refractivity (Wildman–Crippen MR) is 130 cm³/mol. The Bertz CT molecular complexity index is 1120. The lowest BCUT2D eigenvalue weighted by atomic mass is 10.2. The first kappa shape index (κ1) is 24.3. The monoisotopic (exact) mass is 485 g/mol. The number of rotatable bonds is 10. The van der Waals surface area contributed by atoms with Gasteiger partial charge in [0, 0.05) is 22.8 Å². The summed E-state index contributed by atoms with van der Waals surface area (Å²) >= 11 is 7.12. The average Bonchev–Trinajstić information content (AvgIpc) is 3.22. The number of hydrogen-bond donors (Lipinski definition) is 2. The number of thioether (sulfide) groups is 1. The van der Waals surface area contributed by atoms with Crippen LogP contribution in [-0.4, -0.2) is 39.4 Å². The number of carbonyl (C=O) groups is 2. The molecule has 0 bridgehead atoms. The number of hydrogen-bond acceptors (Lipinski definition) is 6. The molecule has 3 rings (SSSR count). The highest BCUT2D eigenvalue weighted by Gasteiger charge is 2.20. The largest absolute Gasteiger partial charge is 0.497 e. The van der Waals surface area contributed by atoms with E-state index < -0.39 is 6.04 Å². The molecule has 0 saturated carbocycles. The fourth-order valence-corrected chi connectivity index (χ4v) is 3.86. The van der Waals surface area contributed by atoms with Crippen LogP contribution in [0.1, 0.15) is 29.1 Å². The zero-order valence-electron chi connectivity index (χ0n) is 18.2. The van der Waals surface area contributed by atoms with Crippen molar-refractivity contribution in [2.75, 3.05) is 18.2 Å². The maximum atomic E-state index is 12.6. The molecule has 0 radical (unpaired) electrons. The van der Waals surface area contributed by atoms with Crippen LogP contribution >= 0.6 is 23.4 Å². The molecule has 1 aromatic heterocycles. The smallest absolute Gasteiger partial charge is 0.251 e. The highest BCUT2D eigenvalue weighted by Crippen LogP contribution is 2.22. The molecular weight excluding hydrogens is 462 g/mol. The summed E-state index contributed by atoms with van der Waals surface area (Å²) in [4.78, 5) is 24.9. The van der Waals surface area contributed by atoms with Crippen molar-refractivity contribution < 1.29 is 14.3 Å². The first-order valence-electron chi connectivity index (χ1n) is 10.1. The maximum absolute atomic E-state index is 12.6. The Morgan fingerprint density at radius 1 is 1.18 bits per heavy atom. The van der Waals surface area contributed by atoms with E-state index in [-0.39, 0.29) is 17.6 Å². The van der Waals surface area contributed by atoms with Gasteiger partial charge in [0.15, 0.2) is 11.0 Å². The highest BCUT2D eigenvalue weighted by atomic mass is 35.5. The molecule has 0 aliphatic carbocycles. The molecule has 172 valence electrons. The Morgan fingerprint density at radius 3 is 2.52 bits per heavy atom. The number of nitrogens with zero attached hydrogens (tertiary/aromatic N) is 3. The van der Waals surface area contributed by atoms with E-state index in [1.807, 2.05) is 11.5 Å². The van der Waals surface area contributed by atoms with Gasteiger partial charge in [0.1, 0.15) is 5.75 Å². The SMILES string of the molecule is C=CCn1c(SCC(=O)Nc2ccc(Cl)cc2)nnc1C(C)NC(=O)c1ccc(OC)cc1. The van der Waals surface area contributed by atoms with E-state index >= 15 is 0 Å². The molecule has 33 heavy (non-hydrogen) atoms. The minimum Gasteiger partial charge on any atom is -0.497 e. The van der Waals surface area contributed by atoms with Crippen molar-refractivity contribution in [3.8, 4) is 5.75 Å². The van der Waals surface area contributed by atoms with Crippen molar-refractivity contribution in [1.29, 1.82) is 0 Å². The number of anilines is 1. The van der Waals surface area contributed by atoms with Crippen molar-refractivity contribution in [3.05, 3.63) is 77.6 Å². The molecule has 1 unspecified atom stereocenters. The van der Waals surface area contributed by atoms with Gasteiger partial charge in [-0.15, -0.1) is 16.8 Å². The molecule has 2 amide bonds. The van der Waals surface area contributed by atoms with Crippen molar-refractivity contribution >= 4 is 40.9 Å². The number of methoxy groups -OCH3 is 1. The molecular formula is C23H24ClN5O3S. The van der Waals surface area contributed by atoms with Gasteiger partial charge in [-0.2, -0.15) is 0 Å². The van der Waals surface area contributed by atoms with Crippen LogP contribution in [0.15, 0.2) is 66.3 Å². The number of nitrogens with one attached hydrogen (secondary N) is 2. The van der Waals surface area contributed by atoms with Crippen LogP contribution in [-0.2, 0) is 11.3 Å². The zero-order chi connectivity index (χ0) is 23.8. The Balaban J connectivity index is 1.64. The van der Waals surface area contributed by atoms with Crippen molar-refractivity contribution in [2.24, 2.45) is 0 Å². The zero-order valence-corrected chi connectivity index (χ0v) is 19.8. The molecule has 2 N–H and O–H groups in total.